The lowest BCUT2D eigenvalue weighted by atomic mass is 10.1. The van der Waals surface area contributed by atoms with Crippen LogP contribution < -0.4 is 0 Å². The summed E-state index contributed by atoms with van der Waals surface area (Å²) >= 11 is 0. The number of aldehydes is 1. The molecule has 0 fully saturated rings. The lowest BCUT2D eigenvalue weighted by Gasteiger charge is -2.18. The number of carbonyl (C=O) groups is 1. The quantitative estimate of drug-likeness (QED) is 0.560. The van der Waals surface area contributed by atoms with E-state index in [9.17, 15) is 4.79 Å². The van der Waals surface area contributed by atoms with E-state index in [-0.39, 0.29) is 12.2 Å². The van der Waals surface area contributed by atoms with Crippen molar-refractivity contribution in [3.63, 3.8) is 0 Å². The number of benzene rings is 1. The van der Waals surface area contributed by atoms with Gasteiger partial charge in [0.1, 0.15) is 12.4 Å². The molecule has 16 heavy (non-hydrogen) atoms. The summed E-state index contributed by atoms with van der Waals surface area (Å²) in [6.07, 6.45) is 2.68. The average molecular weight is 218 g/mol. The number of hydrogen-bond donors (Lipinski definition) is 0. The van der Waals surface area contributed by atoms with Gasteiger partial charge in [-0.2, -0.15) is 0 Å². The maximum absolute atomic E-state index is 10.6. The van der Waals surface area contributed by atoms with Crippen LogP contribution in [-0.4, -0.2) is 12.4 Å². The summed E-state index contributed by atoms with van der Waals surface area (Å²) < 4.78 is 5.77. The summed E-state index contributed by atoms with van der Waals surface area (Å²) in [5.41, 5.74) is 1.76. The standard InChI is InChI=1S/C14H18O2/c1-11(2)16-14(9-12(3)10-15)13-7-5-4-6-8-13/h4-11,14H,1-3H3/b12-9+. The zero-order valence-corrected chi connectivity index (χ0v) is 10.0. The van der Waals surface area contributed by atoms with Crippen molar-refractivity contribution in [1.82, 2.24) is 0 Å². The molecule has 2 heteroatoms. The molecule has 0 aliphatic carbocycles. The highest BCUT2D eigenvalue weighted by atomic mass is 16.5. The smallest absolute Gasteiger partial charge is 0.145 e. The molecule has 86 valence electrons. The Bertz CT molecular complexity index is 352. The Labute approximate surface area is 96.9 Å². The largest absolute Gasteiger partial charge is 0.367 e. The van der Waals surface area contributed by atoms with E-state index in [0.29, 0.717) is 5.57 Å². The van der Waals surface area contributed by atoms with E-state index in [1.807, 2.05) is 50.3 Å². The van der Waals surface area contributed by atoms with Gasteiger partial charge >= 0.3 is 0 Å². The maximum Gasteiger partial charge on any atom is 0.145 e. The van der Waals surface area contributed by atoms with Crippen LogP contribution >= 0.6 is 0 Å². The molecule has 1 rings (SSSR count). The third-order valence-electron chi connectivity index (χ3n) is 2.15. The summed E-state index contributed by atoms with van der Waals surface area (Å²) in [5, 5.41) is 0. The molecule has 1 aromatic carbocycles. The van der Waals surface area contributed by atoms with Crippen LogP contribution in [0.2, 0.25) is 0 Å². The number of allylic oxidation sites excluding steroid dienone is 1. The molecular formula is C14H18O2. The van der Waals surface area contributed by atoms with E-state index < -0.39 is 0 Å². The highest BCUT2D eigenvalue weighted by Gasteiger charge is 2.10. The number of ether oxygens (including phenoxy) is 1. The topological polar surface area (TPSA) is 26.3 Å². The van der Waals surface area contributed by atoms with Crippen LogP contribution in [0.4, 0.5) is 0 Å². The highest BCUT2D eigenvalue weighted by Crippen LogP contribution is 2.21. The van der Waals surface area contributed by atoms with E-state index >= 15 is 0 Å². The van der Waals surface area contributed by atoms with E-state index in [2.05, 4.69) is 0 Å². The van der Waals surface area contributed by atoms with Crippen LogP contribution in [0.3, 0.4) is 0 Å². The Morgan fingerprint density at radius 3 is 2.38 bits per heavy atom. The average Bonchev–Trinajstić information content (AvgIpc) is 2.28. The van der Waals surface area contributed by atoms with Crippen molar-refractivity contribution in [2.45, 2.75) is 33.0 Å². The fraction of sp³-hybridized carbons (Fsp3) is 0.357. The lowest BCUT2D eigenvalue weighted by Crippen LogP contribution is -2.09. The summed E-state index contributed by atoms with van der Waals surface area (Å²) in [7, 11) is 0. The molecule has 0 aliphatic rings. The van der Waals surface area contributed by atoms with Gasteiger partial charge < -0.3 is 4.74 Å². The van der Waals surface area contributed by atoms with Crippen molar-refractivity contribution in [3.8, 4) is 0 Å². The van der Waals surface area contributed by atoms with Crippen molar-refractivity contribution in [1.29, 1.82) is 0 Å². The Balaban J connectivity index is 2.92. The van der Waals surface area contributed by atoms with Crippen molar-refractivity contribution in [2.24, 2.45) is 0 Å². The van der Waals surface area contributed by atoms with Gasteiger partial charge in [-0.25, -0.2) is 0 Å². The minimum atomic E-state index is -0.147. The maximum atomic E-state index is 10.6. The van der Waals surface area contributed by atoms with Crippen LogP contribution in [0.5, 0.6) is 0 Å². The van der Waals surface area contributed by atoms with Crippen LogP contribution in [0.15, 0.2) is 42.0 Å². The lowest BCUT2D eigenvalue weighted by molar-refractivity contribution is -0.105. The molecule has 0 heterocycles. The molecule has 2 nitrogen and oxygen atoms in total. The fourth-order valence-corrected chi connectivity index (χ4v) is 1.43. The monoisotopic (exact) mass is 218 g/mol. The molecule has 1 aromatic rings. The molecule has 0 spiro atoms. The molecule has 0 saturated heterocycles. The van der Waals surface area contributed by atoms with Crippen LogP contribution in [-0.2, 0) is 9.53 Å². The third kappa shape index (κ3) is 3.99. The van der Waals surface area contributed by atoms with E-state index in [1.165, 1.54) is 0 Å². The molecule has 0 saturated carbocycles. The molecule has 0 aliphatic heterocycles. The first-order valence-corrected chi connectivity index (χ1v) is 5.47. The van der Waals surface area contributed by atoms with E-state index in [0.717, 1.165) is 11.8 Å². The SMILES string of the molecule is C/C(C=O)=C\C(OC(C)C)c1ccccc1. The molecule has 0 bridgehead atoms. The number of hydrogen-bond acceptors (Lipinski definition) is 2. The van der Waals surface area contributed by atoms with Gasteiger partial charge in [-0.1, -0.05) is 30.3 Å². The van der Waals surface area contributed by atoms with Gasteiger partial charge in [0, 0.05) is 0 Å². The van der Waals surface area contributed by atoms with Crippen LogP contribution in [0, 0.1) is 0 Å². The first-order valence-electron chi connectivity index (χ1n) is 5.47. The molecular weight excluding hydrogens is 200 g/mol. The summed E-state index contributed by atoms with van der Waals surface area (Å²) in [6.45, 7) is 5.76. The van der Waals surface area contributed by atoms with Crippen molar-refractivity contribution >= 4 is 6.29 Å². The van der Waals surface area contributed by atoms with Gasteiger partial charge in [0.25, 0.3) is 0 Å². The second-order valence-corrected chi connectivity index (χ2v) is 4.04. The van der Waals surface area contributed by atoms with Crippen molar-refractivity contribution in [3.05, 3.63) is 47.5 Å². The zero-order chi connectivity index (χ0) is 12.0. The van der Waals surface area contributed by atoms with Gasteiger partial charge in [0.15, 0.2) is 0 Å². The molecule has 0 radical (unpaired) electrons. The molecule has 0 amide bonds. The van der Waals surface area contributed by atoms with Crippen molar-refractivity contribution < 1.29 is 9.53 Å². The Hall–Kier alpha value is -1.41. The van der Waals surface area contributed by atoms with Gasteiger partial charge in [0.2, 0.25) is 0 Å². The predicted molar refractivity (Wildman–Crippen MR) is 65.2 cm³/mol. The normalized spacial score (nSPS) is 13.9. The minimum Gasteiger partial charge on any atom is -0.367 e. The summed E-state index contributed by atoms with van der Waals surface area (Å²) in [5.74, 6) is 0. The Morgan fingerprint density at radius 2 is 1.88 bits per heavy atom. The second kappa shape index (κ2) is 6.23. The zero-order valence-electron chi connectivity index (χ0n) is 10.0. The number of rotatable bonds is 5. The van der Waals surface area contributed by atoms with Crippen LogP contribution in [0.25, 0.3) is 0 Å². The summed E-state index contributed by atoms with van der Waals surface area (Å²) in [4.78, 5) is 10.6. The Morgan fingerprint density at radius 1 is 1.25 bits per heavy atom. The first-order chi connectivity index (χ1) is 7.63. The van der Waals surface area contributed by atoms with Gasteiger partial charge in [-0.3, -0.25) is 4.79 Å². The minimum absolute atomic E-state index is 0.126. The fourth-order valence-electron chi connectivity index (χ4n) is 1.43. The van der Waals surface area contributed by atoms with E-state index in [1.54, 1.807) is 6.92 Å². The van der Waals surface area contributed by atoms with Gasteiger partial charge in [-0.05, 0) is 38.0 Å². The highest BCUT2D eigenvalue weighted by molar-refractivity contribution is 5.72. The Kier molecular flexibility index (Phi) is 4.93. The molecule has 1 atom stereocenters. The van der Waals surface area contributed by atoms with Crippen molar-refractivity contribution in [2.75, 3.05) is 0 Å². The summed E-state index contributed by atoms with van der Waals surface area (Å²) in [6, 6.07) is 9.90. The molecule has 0 N–H and O–H groups in total. The second-order valence-electron chi connectivity index (χ2n) is 4.04. The molecule has 0 aromatic heterocycles. The van der Waals surface area contributed by atoms with Gasteiger partial charge in [0.05, 0.1) is 6.10 Å². The predicted octanol–water partition coefficient (Wildman–Crippen LogP) is 3.30. The third-order valence-corrected chi connectivity index (χ3v) is 2.15. The van der Waals surface area contributed by atoms with Crippen LogP contribution in [0.1, 0.15) is 32.4 Å². The first kappa shape index (κ1) is 12.7. The van der Waals surface area contributed by atoms with Gasteiger partial charge in [-0.15, -0.1) is 0 Å². The number of carbonyl (C=O) groups excluding carboxylic acids is 1. The van der Waals surface area contributed by atoms with E-state index in [4.69, 9.17) is 4.74 Å². The molecule has 1 unspecified atom stereocenters.